The van der Waals surface area contributed by atoms with Gasteiger partial charge in [-0.15, -0.1) is 0 Å². The van der Waals surface area contributed by atoms with Crippen molar-refractivity contribution in [3.05, 3.63) is 54.6 Å². The molecule has 0 fully saturated rings. The van der Waals surface area contributed by atoms with E-state index in [2.05, 4.69) is 17.4 Å². The maximum Gasteiger partial charge on any atom is 0.241 e. The molecule has 0 unspecified atom stereocenters. The molecule has 3 nitrogen and oxygen atoms in total. The standard InChI is InChI=1S/C18H22N2O/c1-3-13(2)17(19)18(21)20-16-11-9-15(10-12-16)14-7-5-4-6-8-14/h4-13,17H,3,19H2,1-2H3,(H,20,21)/t13-,17-/m0/s1. The number of rotatable bonds is 5. The smallest absolute Gasteiger partial charge is 0.241 e. The van der Waals surface area contributed by atoms with Crippen molar-refractivity contribution in [2.75, 3.05) is 5.32 Å². The summed E-state index contributed by atoms with van der Waals surface area (Å²) in [5.41, 5.74) is 8.99. The van der Waals surface area contributed by atoms with E-state index in [9.17, 15) is 4.79 Å². The molecule has 1 amide bonds. The quantitative estimate of drug-likeness (QED) is 0.879. The van der Waals surface area contributed by atoms with Crippen LogP contribution in [0.1, 0.15) is 20.3 Å². The summed E-state index contributed by atoms with van der Waals surface area (Å²) >= 11 is 0. The molecule has 0 aliphatic rings. The lowest BCUT2D eigenvalue weighted by Gasteiger charge is -2.17. The second-order valence-electron chi connectivity index (χ2n) is 5.34. The van der Waals surface area contributed by atoms with Crippen LogP contribution in [0.3, 0.4) is 0 Å². The molecule has 2 aromatic carbocycles. The molecule has 3 N–H and O–H groups in total. The van der Waals surface area contributed by atoms with Crippen molar-refractivity contribution in [1.29, 1.82) is 0 Å². The van der Waals surface area contributed by atoms with E-state index < -0.39 is 6.04 Å². The predicted molar refractivity (Wildman–Crippen MR) is 87.9 cm³/mol. The van der Waals surface area contributed by atoms with Gasteiger partial charge in [0.1, 0.15) is 0 Å². The summed E-state index contributed by atoms with van der Waals surface area (Å²) in [6.07, 6.45) is 0.890. The fourth-order valence-corrected chi connectivity index (χ4v) is 2.11. The first-order valence-electron chi connectivity index (χ1n) is 7.33. The van der Waals surface area contributed by atoms with Crippen molar-refractivity contribution < 1.29 is 4.79 Å². The molecule has 0 aliphatic heterocycles. The molecule has 3 heteroatoms. The highest BCUT2D eigenvalue weighted by Crippen LogP contribution is 2.21. The van der Waals surface area contributed by atoms with E-state index in [0.717, 1.165) is 23.2 Å². The van der Waals surface area contributed by atoms with Crippen LogP contribution in [0.15, 0.2) is 54.6 Å². The molecule has 0 saturated heterocycles. The highest BCUT2D eigenvalue weighted by Gasteiger charge is 2.19. The van der Waals surface area contributed by atoms with Crippen LogP contribution in [0.25, 0.3) is 11.1 Å². The minimum absolute atomic E-state index is 0.128. The van der Waals surface area contributed by atoms with Gasteiger partial charge < -0.3 is 11.1 Å². The Labute approximate surface area is 126 Å². The molecule has 0 bridgehead atoms. The Morgan fingerprint density at radius 1 is 1.05 bits per heavy atom. The molecule has 21 heavy (non-hydrogen) atoms. The molecule has 0 aliphatic carbocycles. The molecule has 2 aromatic rings. The zero-order valence-electron chi connectivity index (χ0n) is 12.5. The highest BCUT2D eigenvalue weighted by atomic mass is 16.2. The minimum Gasteiger partial charge on any atom is -0.325 e. The van der Waals surface area contributed by atoms with Crippen LogP contribution in [-0.4, -0.2) is 11.9 Å². The molecule has 0 radical (unpaired) electrons. The minimum atomic E-state index is -0.469. The third-order valence-electron chi connectivity index (χ3n) is 3.82. The SMILES string of the molecule is CC[C@H](C)[C@H](N)C(=O)Nc1ccc(-c2ccccc2)cc1. The number of benzene rings is 2. The summed E-state index contributed by atoms with van der Waals surface area (Å²) in [5, 5.41) is 2.87. The highest BCUT2D eigenvalue weighted by molar-refractivity contribution is 5.95. The third-order valence-corrected chi connectivity index (χ3v) is 3.82. The van der Waals surface area contributed by atoms with E-state index >= 15 is 0 Å². The number of amides is 1. The summed E-state index contributed by atoms with van der Waals surface area (Å²) in [5.74, 6) is 0.0467. The number of hydrogen-bond donors (Lipinski definition) is 2. The Hall–Kier alpha value is -2.13. The number of nitrogens with two attached hydrogens (primary N) is 1. The van der Waals surface area contributed by atoms with Gasteiger partial charge in [-0.2, -0.15) is 0 Å². The zero-order valence-corrected chi connectivity index (χ0v) is 12.5. The monoisotopic (exact) mass is 282 g/mol. The van der Waals surface area contributed by atoms with Crippen LogP contribution in [0.5, 0.6) is 0 Å². The lowest BCUT2D eigenvalue weighted by atomic mass is 9.99. The summed E-state index contributed by atoms with van der Waals surface area (Å²) in [4.78, 5) is 12.0. The second kappa shape index (κ2) is 7.04. The van der Waals surface area contributed by atoms with Gasteiger partial charge in [0.15, 0.2) is 0 Å². The normalized spacial score (nSPS) is 13.5. The molecular formula is C18H22N2O. The number of nitrogens with one attached hydrogen (secondary N) is 1. The molecule has 0 spiro atoms. The van der Waals surface area contributed by atoms with Crippen LogP contribution in [0, 0.1) is 5.92 Å². The molecule has 0 aromatic heterocycles. The fraction of sp³-hybridized carbons (Fsp3) is 0.278. The molecule has 2 rings (SSSR count). The van der Waals surface area contributed by atoms with E-state index in [1.165, 1.54) is 0 Å². The van der Waals surface area contributed by atoms with E-state index in [0.29, 0.717) is 0 Å². The Kier molecular flexibility index (Phi) is 5.12. The van der Waals surface area contributed by atoms with E-state index in [1.807, 2.05) is 56.3 Å². The average Bonchev–Trinajstić information content (AvgIpc) is 2.54. The first-order chi connectivity index (χ1) is 10.1. The number of carbonyl (C=O) groups is 1. The van der Waals surface area contributed by atoms with Crippen LogP contribution in [0.2, 0.25) is 0 Å². The van der Waals surface area contributed by atoms with Gasteiger partial charge in [0.05, 0.1) is 6.04 Å². The maximum atomic E-state index is 12.0. The first kappa shape index (κ1) is 15.3. The van der Waals surface area contributed by atoms with Gasteiger partial charge in [0.2, 0.25) is 5.91 Å². The van der Waals surface area contributed by atoms with Gasteiger partial charge in [-0.25, -0.2) is 0 Å². The lowest BCUT2D eigenvalue weighted by molar-refractivity contribution is -0.118. The molecule has 110 valence electrons. The van der Waals surface area contributed by atoms with Gasteiger partial charge >= 0.3 is 0 Å². The van der Waals surface area contributed by atoms with Gasteiger partial charge in [-0.3, -0.25) is 4.79 Å². The zero-order chi connectivity index (χ0) is 15.2. The van der Waals surface area contributed by atoms with Crippen molar-refractivity contribution in [3.8, 4) is 11.1 Å². The number of anilines is 1. The van der Waals surface area contributed by atoms with Gasteiger partial charge in [-0.05, 0) is 29.2 Å². The fourth-order valence-electron chi connectivity index (χ4n) is 2.11. The molecule has 0 saturated carbocycles. The Bertz CT molecular complexity index is 578. The van der Waals surface area contributed by atoms with Gasteiger partial charge in [-0.1, -0.05) is 62.7 Å². The second-order valence-corrected chi connectivity index (χ2v) is 5.34. The summed E-state index contributed by atoms with van der Waals surface area (Å²) in [6.45, 7) is 4.02. The molecule has 2 atom stereocenters. The van der Waals surface area contributed by atoms with Crippen molar-refractivity contribution in [3.63, 3.8) is 0 Å². The maximum absolute atomic E-state index is 12.0. The third kappa shape index (κ3) is 3.92. The summed E-state index contributed by atoms with van der Waals surface area (Å²) in [6, 6.07) is 17.5. The average molecular weight is 282 g/mol. The van der Waals surface area contributed by atoms with Crippen molar-refractivity contribution in [2.45, 2.75) is 26.3 Å². The van der Waals surface area contributed by atoms with Crippen LogP contribution < -0.4 is 11.1 Å². The molecular weight excluding hydrogens is 260 g/mol. The summed E-state index contributed by atoms with van der Waals surface area (Å²) in [7, 11) is 0. The van der Waals surface area contributed by atoms with Crippen molar-refractivity contribution >= 4 is 11.6 Å². The van der Waals surface area contributed by atoms with Crippen molar-refractivity contribution in [1.82, 2.24) is 0 Å². The Morgan fingerprint density at radius 2 is 1.62 bits per heavy atom. The van der Waals surface area contributed by atoms with Crippen LogP contribution in [0.4, 0.5) is 5.69 Å². The largest absolute Gasteiger partial charge is 0.325 e. The topological polar surface area (TPSA) is 55.1 Å². The Balaban J connectivity index is 2.05. The van der Waals surface area contributed by atoms with Gasteiger partial charge in [0, 0.05) is 5.69 Å². The predicted octanol–water partition coefficient (Wildman–Crippen LogP) is 3.67. The van der Waals surface area contributed by atoms with Crippen LogP contribution >= 0.6 is 0 Å². The number of hydrogen-bond acceptors (Lipinski definition) is 2. The van der Waals surface area contributed by atoms with Crippen LogP contribution in [-0.2, 0) is 4.79 Å². The number of carbonyl (C=O) groups excluding carboxylic acids is 1. The molecule has 0 heterocycles. The van der Waals surface area contributed by atoms with E-state index in [1.54, 1.807) is 0 Å². The van der Waals surface area contributed by atoms with Gasteiger partial charge in [0.25, 0.3) is 0 Å². The lowest BCUT2D eigenvalue weighted by Crippen LogP contribution is -2.40. The van der Waals surface area contributed by atoms with E-state index in [4.69, 9.17) is 5.73 Å². The van der Waals surface area contributed by atoms with E-state index in [-0.39, 0.29) is 11.8 Å². The Morgan fingerprint density at radius 3 is 2.19 bits per heavy atom. The summed E-state index contributed by atoms with van der Waals surface area (Å²) < 4.78 is 0. The van der Waals surface area contributed by atoms with Crippen molar-refractivity contribution in [2.24, 2.45) is 11.7 Å². The first-order valence-corrected chi connectivity index (χ1v) is 7.33.